The molecule has 0 aliphatic rings. The van der Waals surface area contributed by atoms with Gasteiger partial charge in [-0.2, -0.15) is 0 Å². The van der Waals surface area contributed by atoms with Crippen molar-refractivity contribution in [3.8, 4) is 17.1 Å². The number of nitrogens with one attached hydrogen (secondary N) is 1. The minimum Gasteiger partial charge on any atom is -0.483 e. The SMILES string of the molecule is [2H]C([2H])(c1ccccc1OCC(=O)NCCC(=O)O)N(C(=O)c1ccc(-c2ccco2)cc1)C(C)C. The van der Waals surface area contributed by atoms with Gasteiger partial charge in [0.1, 0.15) is 11.5 Å². The van der Waals surface area contributed by atoms with E-state index in [9.17, 15) is 14.4 Å². The Morgan fingerprint density at radius 2 is 1.82 bits per heavy atom. The third-order valence-electron chi connectivity index (χ3n) is 4.82. The van der Waals surface area contributed by atoms with Gasteiger partial charge in [0.05, 0.1) is 15.4 Å². The van der Waals surface area contributed by atoms with Crippen molar-refractivity contribution in [3.63, 3.8) is 0 Å². The van der Waals surface area contributed by atoms with Crippen molar-refractivity contribution in [2.24, 2.45) is 0 Å². The Hall–Kier alpha value is -4.07. The van der Waals surface area contributed by atoms with Crippen molar-refractivity contribution in [2.45, 2.75) is 32.8 Å². The lowest BCUT2D eigenvalue weighted by molar-refractivity contribution is -0.137. The molecule has 0 unspecified atom stereocenters. The number of ether oxygens (including phenoxy) is 1. The smallest absolute Gasteiger partial charge is 0.305 e. The highest BCUT2D eigenvalue weighted by molar-refractivity contribution is 5.94. The summed E-state index contributed by atoms with van der Waals surface area (Å²) in [5, 5.41) is 11.1. The van der Waals surface area contributed by atoms with Crippen molar-refractivity contribution < 1.29 is 31.4 Å². The van der Waals surface area contributed by atoms with Gasteiger partial charge in [-0.25, -0.2) is 0 Å². The van der Waals surface area contributed by atoms with Crippen LogP contribution in [0.3, 0.4) is 0 Å². The molecule has 0 aliphatic carbocycles. The average molecular weight is 467 g/mol. The monoisotopic (exact) mass is 466 g/mol. The number of hydrogen-bond donors (Lipinski definition) is 2. The number of furan rings is 1. The molecule has 2 N–H and O–H groups in total. The van der Waals surface area contributed by atoms with E-state index in [-0.39, 0.29) is 24.3 Å². The molecule has 8 heteroatoms. The Kier molecular flexibility index (Phi) is 7.48. The summed E-state index contributed by atoms with van der Waals surface area (Å²) in [5.74, 6) is -1.34. The Morgan fingerprint density at radius 3 is 2.47 bits per heavy atom. The summed E-state index contributed by atoms with van der Waals surface area (Å²) in [6, 6.07) is 16.0. The molecular formula is C26H28N2O6. The van der Waals surface area contributed by atoms with Gasteiger partial charge < -0.3 is 24.5 Å². The van der Waals surface area contributed by atoms with Crippen LogP contribution in [0.1, 0.15) is 38.9 Å². The van der Waals surface area contributed by atoms with Crippen molar-refractivity contribution >= 4 is 17.8 Å². The predicted molar refractivity (Wildman–Crippen MR) is 126 cm³/mol. The number of para-hydroxylation sites is 1. The lowest BCUT2D eigenvalue weighted by Gasteiger charge is -2.28. The van der Waals surface area contributed by atoms with Gasteiger partial charge in [-0.05, 0) is 44.2 Å². The Balaban J connectivity index is 1.81. The van der Waals surface area contributed by atoms with Gasteiger partial charge in [-0.1, -0.05) is 30.3 Å². The van der Waals surface area contributed by atoms with Crippen molar-refractivity contribution in [2.75, 3.05) is 13.2 Å². The van der Waals surface area contributed by atoms with Crippen LogP contribution in [-0.2, 0) is 16.1 Å². The van der Waals surface area contributed by atoms with Crippen molar-refractivity contribution in [3.05, 3.63) is 78.1 Å². The molecule has 1 heterocycles. The van der Waals surface area contributed by atoms with Crippen LogP contribution in [0.15, 0.2) is 71.3 Å². The molecule has 0 atom stereocenters. The van der Waals surface area contributed by atoms with Gasteiger partial charge in [0.2, 0.25) is 0 Å². The Bertz CT molecular complexity index is 1190. The second-order valence-corrected chi connectivity index (χ2v) is 7.71. The quantitative estimate of drug-likeness (QED) is 0.443. The molecule has 34 heavy (non-hydrogen) atoms. The van der Waals surface area contributed by atoms with E-state index in [0.29, 0.717) is 11.3 Å². The molecular weight excluding hydrogens is 436 g/mol. The molecule has 8 nitrogen and oxygen atoms in total. The third-order valence-corrected chi connectivity index (χ3v) is 4.82. The van der Waals surface area contributed by atoms with Gasteiger partial charge in [0.15, 0.2) is 6.61 Å². The topological polar surface area (TPSA) is 109 Å². The molecule has 0 saturated heterocycles. The molecule has 1 aromatic heterocycles. The fraction of sp³-hybridized carbons (Fsp3) is 0.269. The summed E-state index contributed by atoms with van der Waals surface area (Å²) in [5.41, 5.74) is 1.17. The maximum atomic E-state index is 13.5. The fourth-order valence-corrected chi connectivity index (χ4v) is 3.09. The first-order chi connectivity index (χ1) is 17.1. The summed E-state index contributed by atoms with van der Waals surface area (Å²) in [7, 11) is 0. The van der Waals surface area contributed by atoms with Gasteiger partial charge in [0, 0.05) is 35.8 Å². The van der Waals surface area contributed by atoms with E-state index >= 15 is 0 Å². The molecule has 0 aliphatic heterocycles. The molecule has 178 valence electrons. The number of aliphatic carboxylic acids is 1. The summed E-state index contributed by atoms with van der Waals surface area (Å²) in [6.45, 7) is 0.671. The third kappa shape index (κ3) is 6.71. The molecule has 0 radical (unpaired) electrons. The number of nitrogens with zero attached hydrogens (tertiary/aromatic N) is 1. The number of benzene rings is 2. The summed E-state index contributed by atoms with van der Waals surface area (Å²) in [6.07, 6.45) is 1.33. The number of carbonyl (C=O) groups is 3. The molecule has 0 saturated carbocycles. The van der Waals surface area contributed by atoms with E-state index in [1.165, 1.54) is 12.1 Å². The van der Waals surface area contributed by atoms with Crippen LogP contribution >= 0.6 is 0 Å². The van der Waals surface area contributed by atoms with Gasteiger partial charge in [-0.3, -0.25) is 14.4 Å². The van der Waals surface area contributed by atoms with Gasteiger partial charge in [0.25, 0.3) is 11.8 Å². The van der Waals surface area contributed by atoms with E-state index in [4.69, 9.17) is 17.0 Å². The van der Waals surface area contributed by atoms with Gasteiger partial charge >= 0.3 is 5.97 Å². The first kappa shape index (κ1) is 21.8. The maximum absolute atomic E-state index is 13.5. The first-order valence-electron chi connectivity index (χ1n) is 11.8. The van der Waals surface area contributed by atoms with Crippen LogP contribution in [0.4, 0.5) is 0 Å². The van der Waals surface area contributed by atoms with Crippen molar-refractivity contribution in [1.82, 2.24) is 10.2 Å². The number of carboxylic acid groups (broad SMARTS) is 1. The molecule has 0 spiro atoms. The zero-order valence-corrected chi connectivity index (χ0v) is 19.0. The van der Waals surface area contributed by atoms with Crippen LogP contribution in [0.25, 0.3) is 11.3 Å². The van der Waals surface area contributed by atoms with Crippen LogP contribution in [0, 0.1) is 0 Å². The van der Waals surface area contributed by atoms with E-state index < -0.39 is 36.9 Å². The highest BCUT2D eigenvalue weighted by atomic mass is 16.5. The number of amides is 2. The lowest BCUT2D eigenvalue weighted by atomic mass is 10.1. The van der Waals surface area contributed by atoms with Crippen LogP contribution in [0.5, 0.6) is 5.75 Å². The Labute approximate surface area is 201 Å². The van der Waals surface area contributed by atoms with Crippen LogP contribution < -0.4 is 10.1 Å². The number of hydrogen-bond acceptors (Lipinski definition) is 5. The van der Waals surface area contributed by atoms with E-state index in [1.54, 1.807) is 68.6 Å². The summed E-state index contributed by atoms with van der Waals surface area (Å²) >= 11 is 0. The average Bonchev–Trinajstić information content (AvgIpc) is 3.37. The van der Waals surface area contributed by atoms with E-state index in [2.05, 4.69) is 5.32 Å². The molecule has 3 aromatic rings. The van der Waals surface area contributed by atoms with Crippen molar-refractivity contribution in [1.29, 1.82) is 0 Å². The minimum absolute atomic E-state index is 0.0473. The standard InChI is InChI=1S/C26H28N2O6/c1-18(2)28(26(32)20-11-9-19(10-12-20)22-8-5-15-33-22)16-21-6-3-4-7-23(21)34-17-24(29)27-14-13-25(30)31/h3-12,15,18H,13-14,16-17H2,1-2H3,(H,27,29)(H,30,31)/i16D2. The largest absolute Gasteiger partial charge is 0.483 e. The Morgan fingerprint density at radius 1 is 1.09 bits per heavy atom. The molecule has 0 fully saturated rings. The molecule has 3 rings (SSSR count). The highest BCUT2D eigenvalue weighted by Crippen LogP contribution is 2.24. The number of rotatable bonds is 11. The number of carboxylic acids is 1. The highest BCUT2D eigenvalue weighted by Gasteiger charge is 2.21. The van der Waals surface area contributed by atoms with E-state index in [1.807, 2.05) is 0 Å². The normalized spacial score (nSPS) is 12.0. The predicted octanol–water partition coefficient (Wildman–Crippen LogP) is 3.97. The zero-order chi connectivity index (χ0) is 26.3. The second-order valence-electron chi connectivity index (χ2n) is 7.71. The molecule has 2 aromatic carbocycles. The minimum atomic E-state index is -2.28. The first-order valence-corrected chi connectivity index (χ1v) is 10.8. The number of carbonyl (C=O) groups excluding carboxylic acids is 2. The zero-order valence-electron chi connectivity index (χ0n) is 21.0. The van der Waals surface area contributed by atoms with E-state index in [0.717, 1.165) is 10.5 Å². The lowest BCUT2D eigenvalue weighted by Crippen LogP contribution is -2.36. The second kappa shape index (κ2) is 11.7. The van der Waals surface area contributed by atoms with Crippen LogP contribution in [0.2, 0.25) is 0 Å². The summed E-state index contributed by atoms with van der Waals surface area (Å²) in [4.78, 5) is 37.2. The van der Waals surface area contributed by atoms with Gasteiger partial charge in [-0.15, -0.1) is 0 Å². The van der Waals surface area contributed by atoms with Crippen LogP contribution in [-0.4, -0.2) is 47.0 Å². The molecule has 2 amide bonds. The maximum Gasteiger partial charge on any atom is 0.305 e. The summed E-state index contributed by atoms with van der Waals surface area (Å²) < 4.78 is 28.7. The molecule has 0 bridgehead atoms. The fourth-order valence-electron chi connectivity index (χ4n) is 3.09.